The molecule has 3 aliphatic heterocycles. The molecule has 0 aliphatic carbocycles. The number of thioether (sulfide) groups is 1. The molecule has 3 unspecified atom stereocenters. The van der Waals surface area contributed by atoms with Gasteiger partial charge < -0.3 is 35.4 Å². The number of carbonyl (C=O) groups excluding carboxylic acids is 1. The van der Waals surface area contributed by atoms with Gasteiger partial charge in [-0.05, 0) is 44.4 Å². The van der Waals surface area contributed by atoms with Crippen molar-refractivity contribution in [3.8, 4) is 0 Å². The summed E-state index contributed by atoms with van der Waals surface area (Å²) in [6.45, 7) is 5.03. The van der Waals surface area contributed by atoms with E-state index in [-0.39, 0.29) is 17.9 Å². The number of alkyl halides is 1. The van der Waals surface area contributed by atoms with Gasteiger partial charge >= 0.3 is 0 Å². The Kier molecular flexibility index (Phi) is 9.03. The second kappa shape index (κ2) is 11.6. The van der Waals surface area contributed by atoms with Crippen molar-refractivity contribution in [2.75, 3.05) is 19.4 Å². The zero-order valence-corrected chi connectivity index (χ0v) is 21.9. The summed E-state index contributed by atoms with van der Waals surface area (Å²) >= 11 is 7.64. The van der Waals surface area contributed by atoms with E-state index in [0.717, 1.165) is 12.8 Å². The number of nitrogens with one attached hydrogen (secondary N) is 2. The van der Waals surface area contributed by atoms with Crippen LogP contribution in [0.1, 0.15) is 36.8 Å². The first kappa shape index (κ1) is 27.1. The minimum Gasteiger partial charge on any atom is -0.388 e. The van der Waals surface area contributed by atoms with Crippen LogP contribution in [-0.2, 0) is 14.3 Å². The minimum absolute atomic E-state index is 0.195. The highest BCUT2D eigenvalue weighted by Gasteiger charge is 2.49. The summed E-state index contributed by atoms with van der Waals surface area (Å²) in [4.78, 5) is 13.4. The molecule has 0 bridgehead atoms. The molecule has 35 heavy (non-hydrogen) atoms. The summed E-state index contributed by atoms with van der Waals surface area (Å²) in [6.07, 6.45) is -1.69. The molecule has 8 nitrogen and oxygen atoms in total. The average Bonchev–Trinajstić information content (AvgIpc) is 3.12. The number of aliphatic hydroxyl groups excluding tert-OH is 3. The van der Waals surface area contributed by atoms with Crippen LogP contribution in [-0.4, -0.2) is 94.1 Å². The van der Waals surface area contributed by atoms with E-state index in [1.54, 1.807) is 13.2 Å². The third-order valence-corrected chi connectivity index (χ3v) is 8.71. The van der Waals surface area contributed by atoms with Crippen LogP contribution in [0, 0.1) is 12.8 Å². The Hall–Kier alpha value is -0.910. The third kappa shape index (κ3) is 5.83. The van der Waals surface area contributed by atoms with Gasteiger partial charge in [-0.1, -0.05) is 29.8 Å². The van der Waals surface area contributed by atoms with E-state index in [1.807, 2.05) is 0 Å². The van der Waals surface area contributed by atoms with Crippen LogP contribution in [0.4, 0.5) is 0 Å². The maximum Gasteiger partial charge on any atom is 0.240 e. The van der Waals surface area contributed by atoms with E-state index >= 15 is 0 Å². The first-order chi connectivity index (χ1) is 16.7. The van der Waals surface area contributed by atoms with Crippen molar-refractivity contribution in [1.82, 2.24) is 10.6 Å². The van der Waals surface area contributed by atoms with E-state index in [0.29, 0.717) is 19.1 Å². The Morgan fingerprint density at radius 2 is 1.91 bits per heavy atom. The Balaban J connectivity index is 1.44. The predicted molar refractivity (Wildman–Crippen MR) is 136 cm³/mol. The molecule has 4 rings (SSSR count). The summed E-state index contributed by atoms with van der Waals surface area (Å²) in [5.41, 5.74) is 1.79. The number of benzene rings is 1. The van der Waals surface area contributed by atoms with Crippen molar-refractivity contribution in [3.63, 3.8) is 0 Å². The summed E-state index contributed by atoms with van der Waals surface area (Å²) in [5.74, 6) is 0.300. The number of hydrogen-bond donors (Lipinski definition) is 5. The van der Waals surface area contributed by atoms with Gasteiger partial charge in [-0.25, -0.2) is 0 Å². The van der Waals surface area contributed by atoms with Crippen molar-refractivity contribution in [1.29, 1.82) is 0 Å². The smallest absolute Gasteiger partial charge is 0.240 e. The predicted octanol–water partition coefficient (Wildman–Crippen LogP) is 1.13. The van der Waals surface area contributed by atoms with Gasteiger partial charge in [0, 0.05) is 19.1 Å². The van der Waals surface area contributed by atoms with Gasteiger partial charge in [-0.2, -0.15) is 0 Å². The number of fused-ring (bicyclic) bond motifs is 1. The fraction of sp³-hybridized carbons (Fsp3) is 0.720. The molecular formula is C25H37ClN2O6S. The Morgan fingerprint density at radius 1 is 1.20 bits per heavy atom. The Bertz CT molecular complexity index is 859. The number of halogens is 1. The zero-order chi connectivity index (χ0) is 25.3. The quantitative estimate of drug-likeness (QED) is 0.349. The molecule has 11 atom stereocenters. The maximum atomic E-state index is 13.4. The molecule has 0 spiro atoms. The van der Waals surface area contributed by atoms with Gasteiger partial charge in [0.2, 0.25) is 5.91 Å². The summed E-state index contributed by atoms with van der Waals surface area (Å²) < 4.78 is 12.1. The third-order valence-electron chi connectivity index (χ3n) is 7.58. The molecule has 1 aromatic rings. The molecule has 3 heterocycles. The highest BCUT2D eigenvalue weighted by atomic mass is 35.5. The molecule has 3 saturated heterocycles. The molecule has 0 saturated carbocycles. The second-order valence-electron chi connectivity index (χ2n) is 10.0. The van der Waals surface area contributed by atoms with E-state index in [9.17, 15) is 20.1 Å². The van der Waals surface area contributed by atoms with Crippen LogP contribution in [0.3, 0.4) is 0 Å². The first-order valence-electron chi connectivity index (χ1n) is 12.3. The SMILES string of the molecule is CSC1O[C@H]([C@H](NC(=O)[C@H]2NC[C@@H]3CC(c4ccc(C)cc4)CCO[C@H]32)[C@H](C)Cl)C(O)[C@@H](O)[C@H]1O. The topological polar surface area (TPSA) is 120 Å². The van der Waals surface area contributed by atoms with E-state index in [2.05, 4.69) is 41.8 Å². The second-order valence-corrected chi connectivity index (χ2v) is 11.6. The summed E-state index contributed by atoms with van der Waals surface area (Å²) in [6, 6.07) is 7.30. The van der Waals surface area contributed by atoms with Crippen LogP contribution in [0.15, 0.2) is 24.3 Å². The lowest BCUT2D eigenvalue weighted by atomic mass is 9.85. The highest BCUT2D eigenvalue weighted by Crippen LogP contribution is 2.36. The Labute approximate surface area is 216 Å². The van der Waals surface area contributed by atoms with Crippen molar-refractivity contribution >= 4 is 29.3 Å². The number of rotatable bonds is 6. The maximum absolute atomic E-state index is 13.4. The van der Waals surface area contributed by atoms with Gasteiger partial charge in [-0.15, -0.1) is 23.4 Å². The number of carbonyl (C=O) groups is 1. The van der Waals surface area contributed by atoms with Crippen molar-refractivity contribution in [2.24, 2.45) is 5.92 Å². The fourth-order valence-electron chi connectivity index (χ4n) is 5.52. The van der Waals surface area contributed by atoms with Gasteiger partial charge in [0.1, 0.15) is 35.9 Å². The van der Waals surface area contributed by atoms with Gasteiger partial charge in [0.25, 0.3) is 0 Å². The molecule has 5 N–H and O–H groups in total. The molecule has 1 aromatic carbocycles. The van der Waals surface area contributed by atoms with Crippen molar-refractivity contribution in [2.45, 2.75) is 86.0 Å². The molecule has 3 aliphatic rings. The van der Waals surface area contributed by atoms with Gasteiger partial charge in [0.15, 0.2) is 0 Å². The zero-order valence-electron chi connectivity index (χ0n) is 20.3. The van der Waals surface area contributed by atoms with Crippen LogP contribution in [0.5, 0.6) is 0 Å². The number of aryl methyl sites for hydroxylation is 1. The molecule has 0 aromatic heterocycles. The monoisotopic (exact) mass is 528 g/mol. The molecule has 1 amide bonds. The fourth-order valence-corrected chi connectivity index (χ4v) is 6.41. The van der Waals surface area contributed by atoms with E-state index in [1.165, 1.54) is 22.9 Å². The van der Waals surface area contributed by atoms with Crippen LogP contribution < -0.4 is 10.6 Å². The standard InChI is InChI=1S/C25H37ClN2O6S/c1-12-4-6-14(7-5-12)15-8-9-33-22-16(10-15)11-27-18(22)24(32)28-17(13(2)26)23-20(30)19(29)21(31)25(34-23)35-3/h4-7,13,15-23,25,27,29-31H,8-11H2,1-3H3,(H,28,32)/t13-,15?,16-,17+,18-,19+,20?,21+,22+,23+,25?/m0/s1. The number of ether oxygens (including phenoxy) is 2. The van der Waals surface area contributed by atoms with Crippen molar-refractivity contribution < 1.29 is 29.6 Å². The number of hydrogen-bond acceptors (Lipinski definition) is 8. The molecule has 10 heteroatoms. The first-order valence-corrected chi connectivity index (χ1v) is 14.0. The lowest BCUT2D eigenvalue weighted by Crippen LogP contribution is -2.65. The lowest BCUT2D eigenvalue weighted by molar-refractivity contribution is -0.205. The molecule has 3 fully saturated rings. The van der Waals surface area contributed by atoms with Crippen LogP contribution in [0.25, 0.3) is 0 Å². The van der Waals surface area contributed by atoms with Gasteiger partial charge in [0.05, 0.1) is 17.5 Å². The van der Waals surface area contributed by atoms with E-state index in [4.69, 9.17) is 21.1 Å². The number of amides is 1. The average molecular weight is 529 g/mol. The van der Waals surface area contributed by atoms with Crippen LogP contribution in [0.2, 0.25) is 0 Å². The largest absolute Gasteiger partial charge is 0.388 e. The lowest BCUT2D eigenvalue weighted by Gasteiger charge is -2.44. The van der Waals surface area contributed by atoms with Crippen molar-refractivity contribution in [3.05, 3.63) is 35.4 Å². The molecular weight excluding hydrogens is 492 g/mol. The minimum atomic E-state index is -1.40. The van der Waals surface area contributed by atoms with E-state index < -0.39 is 47.3 Å². The van der Waals surface area contributed by atoms with Gasteiger partial charge in [-0.3, -0.25) is 4.79 Å². The summed E-state index contributed by atoms with van der Waals surface area (Å²) in [7, 11) is 0. The number of aliphatic hydroxyl groups is 3. The Morgan fingerprint density at radius 3 is 2.57 bits per heavy atom. The molecule has 196 valence electrons. The molecule has 0 radical (unpaired) electrons. The highest BCUT2D eigenvalue weighted by molar-refractivity contribution is 7.99. The normalized spacial score (nSPS) is 39.3. The summed E-state index contributed by atoms with van der Waals surface area (Å²) in [5, 5.41) is 36.8. The van der Waals surface area contributed by atoms with Crippen LogP contribution >= 0.6 is 23.4 Å².